The van der Waals surface area contributed by atoms with Gasteiger partial charge in [0.25, 0.3) is 11.5 Å². The number of aromatic nitrogens is 4. The third-order valence-corrected chi connectivity index (χ3v) is 6.04. The largest absolute Gasteiger partial charge is 0.381 e. The summed E-state index contributed by atoms with van der Waals surface area (Å²) in [4.78, 5) is 30.1. The minimum atomic E-state index is -1.01. The van der Waals surface area contributed by atoms with Crippen LogP contribution in [0.4, 0.5) is 21.7 Å². The van der Waals surface area contributed by atoms with E-state index in [1.807, 2.05) is 6.07 Å². The Morgan fingerprint density at radius 1 is 1.31 bits per heavy atom. The van der Waals surface area contributed by atoms with Crippen molar-refractivity contribution < 1.29 is 13.9 Å². The van der Waals surface area contributed by atoms with Gasteiger partial charge in [-0.1, -0.05) is 0 Å². The Balaban J connectivity index is 1.45. The van der Waals surface area contributed by atoms with E-state index < -0.39 is 18.1 Å². The highest BCUT2D eigenvalue weighted by Gasteiger charge is 2.39. The zero-order valence-electron chi connectivity index (χ0n) is 17.7. The van der Waals surface area contributed by atoms with Gasteiger partial charge in [0, 0.05) is 38.9 Å². The molecule has 3 aromatic rings. The van der Waals surface area contributed by atoms with Crippen molar-refractivity contribution in [1.82, 2.24) is 24.5 Å². The summed E-state index contributed by atoms with van der Waals surface area (Å²) >= 11 is 0. The molecule has 0 aliphatic heterocycles. The predicted octanol–water partition coefficient (Wildman–Crippen LogP) is 1.87. The van der Waals surface area contributed by atoms with Crippen LogP contribution in [0.1, 0.15) is 35.7 Å². The fourth-order valence-corrected chi connectivity index (χ4v) is 3.91. The molecule has 3 heterocycles. The van der Waals surface area contributed by atoms with Crippen LogP contribution in [0.2, 0.25) is 0 Å². The molecule has 0 spiro atoms. The predicted molar refractivity (Wildman–Crippen MR) is 116 cm³/mol. The van der Waals surface area contributed by atoms with Crippen molar-refractivity contribution in [1.29, 1.82) is 0 Å². The van der Waals surface area contributed by atoms with Crippen LogP contribution >= 0.6 is 0 Å². The third-order valence-electron chi connectivity index (χ3n) is 6.04. The number of hydrogen-bond acceptors (Lipinski definition) is 7. The van der Waals surface area contributed by atoms with Gasteiger partial charge in [0.15, 0.2) is 5.65 Å². The van der Waals surface area contributed by atoms with E-state index in [0.717, 1.165) is 12.8 Å². The Morgan fingerprint density at radius 3 is 2.78 bits per heavy atom. The van der Waals surface area contributed by atoms with Gasteiger partial charge in [0.05, 0.1) is 18.3 Å². The zero-order valence-corrected chi connectivity index (χ0v) is 17.7. The van der Waals surface area contributed by atoms with E-state index in [0.29, 0.717) is 29.4 Å². The molecule has 2 aliphatic rings. The van der Waals surface area contributed by atoms with Gasteiger partial charge in [0.1, 0.15) is 29.1 Å². The lowest BCUT2D eigenvalue weighted by Crippen LogP contribution is -2.37. The van der Waals surface area contributed by atoms with Crippen molar-refractivity contribution in [3.05, 3.63) is 46.5 Å². The van der Waals surface area contributed by atoms with Crippen molar-refractivity contribution in [3.63, 3.8) is 0 Å². The van der Waals surface area contributed by atoms with Gasteiger partial charge in [-0.15, -0.1) is 0 Å². The molecular weight excluding hydrogens is 417 g/mol. The SMILES string of the molecule is CNc1cc(Nc2cccn(C3CC(OC)C3)c2=O)nc2c(C(=O)N[C@@H]3C[C@@H]3F)cnn12. The lowest BCUT2D eigenvalue weighted by Gasteiger charge is -2.35. The monoisotopic (exact) mass is 441 g/mol. The molecule has 11 heteroatoms. The molecule has 0 bridgehead atoms. The maximum absolute atomic E-state index is 13.2. The minimum Gasteiger partial charge on any atom is -0.381 e. The number of alkyl halides is 1. The lowest BCUT2D eigenvalue weighted by atomic mass is 9.89. The highest BCUT2D eigenvalue weighted by Crippen LogP contribution is 2.33. The molecule has 2 fully saturated rings. The number of amides is 1. The fraction of sp³-hybridized carbons (Fsp3) is 0.429. The molecule has 168 valence electrons. The first-order valence-corrected chi connectivity index (χ1v) is 10.5. The Hall–Kier alpha value is -3.47. The van der Waals surface area contributed by atoms with E-state index in [1.54, 1.807) is 37.1 Å². The van der Waals surface area contributed by atoms with Crippen LogP contribution in [0.5, 0.6) is 0 Å². The van der Waals surface area contributed by atoms with Gasteiger partial charge >= 0.3 is 0 Å². The average Bonchev–Trinajstić information content (AvgIpc) is 3.27. The topological polar surface area (TPSA) is 115 Å². The van der Waals surface area contributed by atoms with Crippen molar-refractivity contribution in [2.45, 2.75) is 43.6 Å². The number of hydrogen-bond donors (Lipinski definition) is 3. The number of methoxy groups -OCH3 is 1. The summed E-state index contributed by atoms with van der Waals surface area (Å²) in [6, 6.07) is 4.83. The molecule has 2 atom stereocenters. The number of ether oxygens (including phenoxy) is 1. The fourth-order valence-electron chi connectivity index (χ4n) is 3.91. The van der Waals surface area contributed by atoms with E-state index in [1.165, 1.54) is 10.7 Å². The summed E-state index contributed by atoms with van der Waals surface area (Å²) in [5.41, 5.74) is 0.742. The van der Waals surface area contributed by atoms with Crippen LogP contribution in [0.25, 0.3) is 5.65 Å². The van der Waals surface area contributed by atoms with Gasteiger partial charge in [-0.3, -0.25) is 9.59 Å². The number of fused-ring (bicyclic) bond motifs is 1. The molecule has 0 saturated heterocycles. The van der Waals surface area contributed by atoms with Crippen LogP contribution < -0.4 is 21.5 Å². The quantitative estimate of drug-likeness (QED) is 0.513. The highest BCUT2D eigenvalue weighted by molar-refractivity contribution is 6.00. The number of anilines is 3. The van der Waals surface area contributed by atoms with E-state index in [9.17, 15) is 14.0 Å². The Bertz CT molecular complexity index is 1230. The number of halogens is 1. The highest BCUT2D eigenvalue weighted by atomic mass is 19.1. The molecule has 2 saturated carbocycles. The smallest absolute Gasteiger partial charge is 0.274 e. The molecule has 1 amide bonds. The van der Waals surface area contributed by atoms with Gasteiger partial charge in [-0.05, 0) is 25.0 Å². The van der Waals surface area contributed by atoms with Crippen molar-refractivity contribution in [3.8, 4) is 0 Å². The van der Waals surface area contributed by atoms with E-state index in [2.05, 4.69) is 26.0 Å². The first-order chi connectivity index (χ1) is 15.5. The number of carbonyl (C=O) groups excluding carboxylic acids is 1. The minimum absolute atomic E-state index is 0.101. The van der Waals surface area contributed by atoms with Gasteiger partial charge in [-0.25, -0.2) is 9.37 Å². The van der Waals surface area contributed by atoms with Crippen molar-refractivity contribution >= 4 is 28.9 Å². The number of nitrogens with one attached hydrogen (secondary N) is 3. The Morgan fingerprint density at radius 2 is 2.09 bits per heavy atom. The average molecular weight is 441 g/mol. The molecule has 0 aromatic carbocycles. The molecule has 0 unspecified atom stereocenters. The number of pyridine rings is 1. The molecule has 3 N–H and O–H groups in total. The second-order valence-corrected chi connectivity index (χ2v) is 8.14. The van der Waals surface area contributed by atoms with Crippen LogP contribution in [-0.4, -0.2) is 57.5 Å². The maximum Gasteiger partial charge on any atom is 0.274 e. The number of carbonyl (C=O) groups is 1. The number of rotatable bonds is 7. The van der Waals surface area contributed by atoms with E-state index in [-0.39, 0.29) is 23.3 Å². The molecule has 2 aliphatic carbocycles. The summed E-state index contributed by atoms with van der Waals surface area (Å²) in [6.45, 7) is 0. The van der Waals surface area contributed by atoms with Gasteiger partial charge in [-0.2, -0.15) is 9.61 Å². The molecule has 3 aromatic heterocycles. The summed E-state index contributed by atoms with van der Waals surface area (Å²) in [5.74, 6) is 0.519. The molecule has 10 nitrogen and oxygen atoms in total. The van der Waals surface area contributed by atoms with E-state index in [4.69, 9.17) is 4.74 Å². The molecule has 5 rings (SSSR count). The Kier molecular flexibility index (Phi) is 5.04. The van der Waals surface area contributed by atoms with Crippen LogP contribution in [0, 0.1) is 0 Å². The van der Waals surface area contributed by atoms with E-state index >= 15 is 0 Å². The third kappa shape index (κ3) is 3.58. The van der Waals surface area contributed by atoms with Crippen LogP contribution in [-0.2, 0) is 4.74 Å². The summed E-state index contributed by atoms with van der Waals surface area (Å²) < 4.78 is 21.7. The zero-order chi connectivity index (χ0) is 22.4. The summed E-state index contributed by atoms with van der Waals surface area (Å²) in [6.07, 6.45) is 4.26. The Labute approximate surface area is 182 Å². The number of nitrogens with zero attached hydrogens (tertiary/aromatic N) is 4. The molecule has 0 radical (unpaired) electrons. The summed E-state index contributed by atoms with van der Waals surface area (Å²) in [5, 5.41) is 13.0. The van der Waals surface area contributed by atoms with Crippen molar-refractivity contribution in [2.75, 3.05) is 24.8 Å². The van der Waals surface area contributed by atoms with Gasteiger partial charge < -0.3 is 25.3 Å². The lowest BCUT2D eigenvalue weighted by molar-refractivity contribution is 0.00522. The standard InChI is InChI=1S/C21H24FN7O3/c1-23-18-9-17(25-15-4-3-5-28(21(15)31)11-6-12(7-11)32-2)27-19-13(10-24-29(18)19)20(30)26-16-8-14(16)22/h3-5,9-12,14,16,23H,6-8H2,1-2H3,(H,25,27)(H,26,30)/t11?,12?,14-,16+/m0/s1. The first kappa shape index (κ1) is 20.4. The molecular formula is C21H24FN7O3. The summed E-state index contributed by atoms with van der Waals surface area (Å²) in [7, 11) is 3.39. The molecule has 32 heavy (non-hydrogen) atoms. The van der Waals surface area contributed by atoms with Crippen LogP contribution in [0.3, 0.4) is 0 Å². The maximum atomic E-state index is 13.2. The normalized spacial score (nSPS) is 24.1. The first-order valence-electron chi connectivity index (χ1n) is 10.5. The second-order valence-electron chi connectivity index (χ2n) is 8.14. The van der Waals surface area contributed by atoms with Crippen LogP contribution in [0.15, 0.2) is 35.4 Å². The van der Waals surface area contributed by atoms with Gasteiger partial charge in [0.2, 0.25) is 0 Å². The second kappa shape index (κ2) is 7.90. The van der Waals surface area contributed by atoms with Crippen molar-refractivity contribution in [2.24, 2.45) is 0 Å².